The molecule has 2 rings (SSSR count). The van der Waals surface area contributed by atoms with Crippen molar-refractivity contribution in [2.24, 2.45) is 0 Å². The van der Waals surface area contributed by atoms with E-state index in [0.717, 1.165) is 19.6 Å². The molecule has 0 atom stereocenters. The Hall–Kier alpha value is -1.36. The Morgan fingerprint density at radius 2 is 2.00 bits per heavy atom. The summed E-state index contributed by atoms with van der Waals surface area (Å²) in [6.07, 6.45) is 3.85. The molecule has 1 aromatic heterocycles. The second-order valence-electron chi connectivity index (χ2n) is 4.78. The van der Waals surface area contributed by atoms with Crippen molar-refractivity contribution in [2.75, 3.05) is 26.7 Å². The van der Waals surface area contributed by atoms with Gasteiger partial charge in [-0.1, -0.05) is 6.42 Å². The number of aromatic nitrogens is 2. The number of ether oxygens (including phenoxy) is 1. The Morgan fingerprint density at radius 3 is 2.67 bits per heavy atom. The molecule has 0 aliphatic carbocycles. The van der Waals surface area contributed by atoms with Gasteiger partial charge in [-0.15, -0.1) is 0 Å². The lowest BCUT2D eigenvalue weighted by Gasteiger charge is -2.26. The molecule has 100 valence electrons. The van der Waals surface area contributed by atoms with Gasteiger partial charge in [0.1, 0.15) is 0 Å². The van der Waals surface area contributed by atoms with Crippen LogP contribution in [0.25, 0.3) is 0 Å². The van der Waals surface area contributed by atoms with Crippen molar-refractivity contribution in [3.8, 4) is 6.01 Å². The lowest BCUT2D eigenvalue weighted by molar-refractivity contribution is 0.214. The van der Waals surface area contributed by atoms with E-state index in [1.54, 1.807) is 24.7 Å². The third-order valence-corrected chi connectivity index (χ3v) is 3.37. The normalized spacial score (nSPS) is 16.8. The van der Waals surface area contributed by atoms with Gasteiger partial charge in [-0.2, -0.15) is 0 Å². The highest BCUT2D eigenvalue weighted by Gasteiger charge is 2.12. The van der Waals surface area contributed by atoms with Gasteiger partial charge in [-0.05, 0) is 32.9 Å². The zero-order chi connectivity index (χ0) is 13.0. The molecule has 1 aliphatic heterocycles. The molecule has 0 unspecified atom stereocenters. The zero-order valence-electron chi connectivity index (χ0n) is 11.2. The van der Waals surface area contributed by atoms with Crippen LogP contribution in [-0.4, -0.2) is 41.2 Å². The molecule has 0 amide bonds. The fraction of sp³-hybridized carbons (Fsp3) is 0.692. The largest absolute Gasteiger partial charge is 0.468 e. The first-order valence-corrected chi connectivity index (χ1v) is 6.55. The first-order valence-electron chi connectivity index (χ1n) is 6.55. The minimum Gasteiger partial charge on any atom is -0.468 e. The van der Waals surface area contributed by atoms with Crippen LogP contribution in [-0.2, 0) is 6.54 Å². The van der Waals surface area contributed by atoms with E-state index in [2.05, 4.69) is 9.88 Å². The number of rotatable bonds is 4. The maximum absolute atomic E-state index is 11.9. The van der Waals surface area contributed by atoms with Crippen molar-refractivity contribution >= 4 is 0 Å². The number of aryl methyl sites for hydroxylation is 1. The van der Waals surface area contributed by atoms with Crippen LogP contribution in [0.5, 0.6) is 6.01 Å². The van der Waals surface area contributed by atoms with E-state index in [9.17, 15) is 4.79 Å². The van der Waals surface area contributed by atoms with E-state index in [1.165, 1.54) is 19.3 Å². The highest BCUT2D eigenvalue weighted by molar-refractivity contribution is 5.06. The summed E-state index contributed by atoms with van der Waals surface area (Å²) in [5, 5.41) is 0. The van der Waals surface area contributed by atoms with Crippen LogP contribution in [0.3, 0.4) is 0 Å². The Bertz CT molecular complexity index is 450. The van der Waals surface area contributed by atoms with E-state index >= 15 is 0 Å². The van der Waals surface area contributed by atoms with Crippen molar-refractivity contribution in [3.05, 3.63) is 22.1 Å². The number of methoxy groups -OCH3 is 1. The van der Waals surface area contributed by atoms with Crippen LogP contribution >= 0.6 is 0 Å². The molecule has 0 N–H and O–H groups in total. The van der Waals surface area contributed by atoms with Gasteiger partial charge in [-0.25, -0.2) is 4.98 Å². The molecule has 1 aliphatic rings. The standard InChI is InChI=1S/C13H21N3O2/c1-11-10-12(17)16(13(14-11)18-2)9-8-15-6-4-3-5-7-15/h10H,3-9H2,1-2H3. The van der Waals surface area contributed by atoms with Gasteiger partial charge < -0.3 is 9.64 Å². The summed E-state index contributed by atoms with van der Waals surface area (Å²) in [4.78, 5) is 18.6. The minimum atomic E-state index is -0.0311. The summed E-state index contributed by atoms with van der Waals surface area (Å²) in [7, 11) is 1.55. The van der Waals surface area contributed by atoms with Gasteiger partial charge in [0, 0.05) is 24.8 Å². The van der Waals surface area contributed by atoms with Crippen LogP contribution in [0.1, 0.15) is 25.0 Å². The average molecular weight is 251 g/mol. The van der Waals surface area contributed by atoms with Gasteiger partial charge in [-0.3, -0.25) is 9.36 Å². The van der Waals surface area contributed by atoms with E-state index in [-0.39, 0.29) is 5.56 Å². The number of nitrogens with zero attached hydrogens (tertiary/aromatic N) is 3. The minimum absolute atomic E-state index is 0.0311. The van der Waals surface area contributed by atoms with Crippen LogP contribution in [0.15, 0.2) is 10.9 Å². The van der Waals surface area contributed by atoms with Crippen LogP contribution in [0.4, 0.5) is 0 Å². The van der Waals surface area contributed by atoms with Crippen molar-refractivity contribution in [1.82, 2.24) is 14.5 Å². The average Bonchev–Trinajstić information content (AvgIpc) is 2.38. The van der Waals surface area contributed by atoms with Crippen molar-refractivity contribution < 1.29 is 4.74 Å². The van der Waals surface area contributed by atoms with Crippen LogP contribution in [0, 0.1) is 6.92 Å². The van der Waals surface area contributed by atoms with Crippen molar-refractivity contribution in [2.45, 2.75) is 32.7 Å². The smallest absolute Gasteiger partial charge is 0.299 e. The summed E-state index contributed by atoms with van der Waals surface area (Å²) in [5.41, 5.74) is 0.669. The summed E-state index contributed by atoms with van der Waals surface area (Å²) in [6, 6.07) is 1.97. The highest BCUT2D eigenvalue weighted by atomic mass is 16.5. The molecular formula is C13H21N3O2. The van der Waals surface area contributed by atoms with Gasteiger partial charge in [0.2, 0.25) is 0 Å². The van der Waals surface area contributed by atoms with Gasteiger partial charge in [0.05, 0.1) is 7.11 Å². The Kier molecular flexibility index (Phi) is 4.36. The number of hydrogen-bond acceptors (Lipinski definition) is 4. The fourth-order valence-corrected chi connectivity index (χ4v) is 2.38. The fourth-order valence-electron chi connectivity index (χ4n) is 2.38. The van der Waals surface area contributed by atoms with Crippen LogP contribution in [0.2, 0.25) is 0 Å². The van der Waals surface area contributed by atoms with Gasteiger partial charge in [0.25, 0.3) is 11.6 Å². The molecule has 5 heteroatoms. The Labute approximate surface area is 107 Å². The predicted octanol–water partition coefficient (Wildman–Crippen LogP) is 1.05. The number of hydrogen-bond donors (Lipinski definition) is 0. The maximum Gasteiger partial charge on any atom is 0.299 e. The third kappa shape index (κ3) is 3.10. The first-order chi connectivity index (χ1) is 8.70. The molecule has 0 bridgehead atoms. The molecule has 0 saturated carbocycles. The second-order valence-corrected chi connectivity index (χ2v) is 4.78. The molecule has 18 heavy (non-hydrogen) atoms. The first kappa shape index (κ1) is 13.1. The third-order valence-electron chi connectivity index (χ3n) is 3.37. The molecule has 1 fully saturated rings. The molecule has 2 heterocycles. The molecule has 5 nitrogen and oxygen atoms in total. The van der Waals surface area contributed by atoms with E-state index in [1.807, 2.05) is 0 Å². The lowest BCUT2D eigenvalue weighted by atomic mass is 10.1. The monoisotopic (exact) mass is 251 g/mol. The van der Waals surface area contributed by atoms with Gasteiger partial charge >= 0.3 is 0 Å². The molecule has 0 radical (unpaired) electrons. The number of piperidine rings is 1. The summed E-state index contributed by atoms with van der Waals surface area (Å²) in [5.74, 6) is 0. The van der Waals surface area contributed by atoms with Crippen molar-refractivity contribution in [3.63, 3.8) is 0 Å². The number of likely N-dealkylation sites (tertiary alicyclic amines) is 1. The predicted molar refractivity (Wildman–Crippen MR) is 70.1 cm³/mol. The summed E-state index contributed by atoms with van der Waals surface area (Å²) < 4.78 is 6.79. The lowest BCUT2D eigenvalue weighted by Crippen LogP contribution is -2.35. The summed E-state index contributed by atoms with van der Waals surface area (Å²) >= 11 is 0. The van der Waals surface area contributed by atoms with Crippen molar-refractivity contribution in [1.29, 1.82) is 0 Å². The molecule has 1 saturated heterocycles. The molecule has 1 aromatic rings. The zero-order valence-corrected chi connectivity index (χ0v) is 11.2. The van der Waals surface area contributed by atoms with E-state index < -0.39 is 0 Å². The van der Waals surface area contributed by atoms with Crippen LogP contribution < -0.4 is 10.3 Å². The Morgan fingerprint density at radius 1 is 1.28 bits per heavy atom. The summed E-state index contributed by atoms with van der Waals surface area (Å²) in [6.45, 7) is 5.61. The molecular weight excluding hydrogens is 230 g/mol. The highest BCUT2D eigenvalue weighted by Crippen LogP contribution is 2.09. The van der Waals surface area contributed by atoms with E-state index in [4.69, 9.17) is 4.74 Å². The molecule has 0 spiro atoms. The second kappa shape index (κ2) is 6.00. The molecule has 0 aromatic carbocycles. The van der Waals surface area contributed by atoms with E-state index in [0.29, 0.717) is 18.2 Å². The van der Waals surface area contributed by atoms with Gasteiger partial charge in [0.15, 0.2) is 0 Å². The topological polar surface area (TPSA) is 47.4 Å². The maximum atomic E-state index is 11.9. The SMILES string of the molecule is COc1nc(C)cc(=O)n1CCN1CCCCC1. The quantitative estimate of drug-likeness (QED) is 0.802. The Balaban J connectivity index is 2.06.